The average Bonchev–Trinajstić information content (AvgIpc) is 3.07. The highest BCUT2D eigenvalue weighted by atomic mass is 32.1. The van der Waals surface area contributed by atoms with E-state index in [9.17, 15) is 9.59 Å². The summed E-state index contributed by atoms with van der Waals surface area (Å²) in [5.74, 6) is -0.711. The second-order valence-corrected chi connectivity index (χ2v) is 6.05. The Morgan fingerprint density at radius 3 is 3.00 bits per heavy atom. The molecule has 116 valence electrons. The monoisotopic (exact) mass is 313 g/mol. The van der Waals surface area contributed by atoms with Crippen molar-refractivity contribution in [2.24, 2.45) is 5.92 Å². The smallest absolute Gasteiger partial charge is 0.355 e. The number of hydrogen-bond donors (Lipinski definition) is 3. The molecule has 1 saturated heterocycles. The highest BCUT2D eigenvalue weighted by molar-refractivity contribution is 7.09. The summed E-state index contributed by atoms with van der Waals surface area (Å²) in [5, 5.41) is 22.6. The molecule has 0 saturated carbocycles. The van der Waals surface area contributed by atoms with Gasteiger partial charge in [-0.05, 0) is 25.7 Å². The topological polar surface area (TPSA) is 103 Å². The van der Waals surface area contributed by atoms with Gasteiger partial charge in [-0.3, -0.25) is 0 Å². The van der Waals surface area contributed by atoms with E-state index < -0.39 is 5.97 Å². The average molecular weight is 313 g/mol. The lowest BCUT2D eigenvalue weighted by atomic mass is 10.1. The number of carboxylic acids is 1. The van der Waals surface area contributed by atoms with Crippen LogP contribution in [0.4, 0.5) is 4.79 Å². The summed E-state index contributed by atoms with van der Waals surface area (Å²) in [6, 6.07) is -0.498. The number of likely N-dealkylation sites (tertiary alicyclic amines) is 1. The highest BCUT2D eigenvalue weighted by Crippen LogP contribution is 2.21. The number of rotatable bonds is 5. The van der Waals surface area contributed by atoms with E-state index in [2.05, 4.69) is 10.3 Å². The quantitative estimate of drug-likeness (QED) is 0.760. The minimum Gasteiger partial charge on any atom is -0.476 e. The lowest BCUT2D eigenvalue weighted by Crippen LogP contribution is -2.39. The van der Waals surface area contributed by atoms with Gasteiger partial charge < -0.3 is 20.4 Å². The molecule has 0 bridgehead atoms. The zero-order valence-corrected chi connectivity index (χ0v) is 12.6. The van der Waals surface area contributed by atoms with Crippen LogP contribution in [0.25, 0.3) is 0 Å². The number of aliphatic hydroxyl groups is 1. The van der Waals surface area contributed by atoms with Gasteiger partial charge in [0, 0.05) is 25.1 Å². The van der Waals surface area contributed by atoms with E-state index in [1.165, 1.54) is 16.7 Å². The Labute approximate surface area is 126 Å². The van der Waals surface area contributed by atoms with Crippen molar-refractivity contribution in [3.8, 4) is 0 Å². The van der Waals surface area contributed by atoms with Crippen molar-refractivity contribution in [2.45, 2.75) is 25.8 Å². The molecule has 2 amide bonds. The molecule has 21 heavy (non-hydrogen) atoms. The van der Waals surface area contributed by atoms with Crippen LogP contribution in [0.3, 0.4) is 0 Å². The van der Waals surface area contributed by atoms with Crippen LogP contribution in [0, 0.1) is 5.92 Å². The number of carbonyl (C=O) groups is 2. The van der Waals surface area contributed by atoms with E-state index in [0.29, 0.717) is 30.4 Å². The largest absolute Gasteiger partial charge is 0.476 e. The number of thiazole rings is 1. The summed E-state index contributed by atoms with van der Waals surface area (Å²) in [5.41, 5.74) is 0.000260. The molecule has 0 radical (unpaired) electrons. The predicted octanol–water partition coefficient (Wildman–Crippen LogP) is 1.32. The summed E-state index contributed by atoms with van der Waals surface area (Å²) in [4.78, 5) is 28.6. The number of aromatic nitrogens is 1. The van der Waals surface area contributed by atoms with Crippen LogP contribution in [-0.2, 0) is 0 Å². The Bertz CT molecular complexity index is 519. The molecule has 1 aliphatic heterocycles. The van der Waals surface area contributed by atoms with E-state index in [-0.39, 0.29) is 24.4 Å². The molecular formula is C13H19N3O4S. The fraction of sp³-hybridized carbons (Fsp3) is 0.615. The Morgan fingerprint density at radius 1 is 1.62 bits per heavy atom. The van der Waals surface area contributed by atoms with Crippen molar-refractivity contribution in [2.75, 3.05) is 19.7 Å². The summed E-state index contributed by atoms with van der Waals surface area (Å²) in [6.07, 6.45) is 1.62. The third-order valence-electron chi connectivity index (χ3n) is 3.56. The van der Waals surface area contributed by atoms with Crippen LogP contribution in [0.15, 0.2) is 5.38 Å². The standard InChI is InChI=1S/C13H19N3O4S/c1-8(11-15-10(7-21-11)12(18)19)14-13(20)16-4-2-9(6-16)3-5-17/h7-9,17H,2-6H2,1H3,(H,14,20)(H,18,19). The first-order valence-corrected chi connectivity index (χ1v) is 7.74. The molecule has 0 aromatic carbocycles. The Hall–Kier alpha value is -1.67. The van der Waals surface area contributed by atoms with Gasteiger partial charge in [0.15, 0.2) is 5.69 Å². The summed E-state index contributed by atoms with van der Waals surface area (Å²) >= 11 is 1.22. The molecule has 1 aliphatic rings. The molecule has 0 spiro atoms. The number of aromatic carboxylic acids is 1. The molecule has 2 unspecified atom stereocenters. The van der Waals surface area contributed by atoms with Crippen LogP contribution >= 0.6 is 11.3 Å². The number of carbonyl (C=O) groups excluding carboxylic acids is 1. The van der Waals surface area contributed by atoms with Crippen LogP contribution in [0.5, 0.6) is 0 Å². The van der Waals surface area contributed by atoms with Crippen LogP contribution in [-0.4, -0.2) is 51.8 Å². The van der Waals surface area contributed by atoms with Crippen LogP contribution in [0.1, 0.15) is 41.3 Å². The number of nitrogens with one attached hydrogen (secondary N) is 1. The van der Waals surface area contributed by atoms with Crippen molar-refractivity contribution < 1.29 is 19.8 Å². The minimum absolute atomic E-state index is 0.000260. The Balaban J connectivity index is 1.88. The summed E-state index contributed by atoms with van der Waals surface area (Å²) in [6.45, 7) is 3.26. The third kappa shape index (κ3) is 3.92. The number of aliphatic hydroxyl groups excluding tert-OH is 1. The van der Waals surface area contributed by atoms with Crippen LogP contribution < -0.4 is 5.32 Å². The molecule has 8 heteroatoms. The first kappa shape index (κ1) is 15.7. The number of amides is 2. The fourth-order valence-corrected chi connectivity index (χ4v) is 3.16. The number of nitrogens with zero attached hydrogens (tertiary/aromatic N) is 2. The second-order valence-electron chi connectivity index (χ2n) is 5.16. The van der Waals surface area contributed by atoms with Gasteiger partial charge in [-0.15, -0.1) is 11.3 Å². The van der Waals surface area contributed by atoms with Gasteiger partial charge in [-0.25, -0.2) is 14.6 Å². The zero-order valence-electron chi connectivity index (χ0n) is 11.8. The van der Waals surface area contributed by atoms with Crippen molar-refractivity contribution in [1.82, 2.24) is 15.2 Å². The summed E-state index contributed by atoms with van der Waals surface area (Å²) in [7, 11) is 0. The first-order chi connectivity index (χ1) is 10.0. The Morgan fingerprint density at radius 2 is 2.38 bits per heavy atom. The van der Waals surface area contributed by atoms with Gasteiger partial charge in [0.05, 0.1) is 6.04 Å². The van der Waals surface area contributed by atoms with Crippen molar-refractivity contribution >= 4 is 23.3 Å². The lowest BCUT2D eigenvalue weighted by molar-refractivity contribution is 0.0691. The molecule has 2 rings (SSSR count). The maximum Gasteiger partial charge on any atom is 0.355 e. The van der Waals surface area contributed by atoms with Gasteiger partial charge in [-0.2, -0.15) is 0 Å². The maximum absolute atomic E-state index is 12.1. The number of carboxylic acid groups (broad SMARTS) is 1. The molecule has 7 nitrogen and oxygen atoms in total. The second kappa shape index (κ2) is 6.86. The van der Waals surface area contributed by atoms with Crippen molar-refractivity contribution in [1.29, 1.82) is 0 Å². The predicted molar refractivity (Wildman–Crippen MR) is 77.4 cm³/mol. The molecule has 0 aliphatic carbocycles. The van der Waals surface area contributed by atoms with E-state index in [1.807, 2.05) is 0 Å². The van der Waals surface area contributed by atoms with Gasteiger partial charge in [0.2, 0.25) is 0 Å². The minimum atomic E-state index is -1.07. The molecular weight excluding hydrogens is 294 g/mol. The number of hydrogen-bond acceptors (Lipinski definition) is 5. The lowest BCUT2D eigenvalue weighted by Gasteiger charge is -2.20. The fourth-order valence-electron chi connectivity index (χ4n) is 2.36. The Kier molecular flexibility index (Phi) is 5.13. The molecule has 1 fully saturated rings. The number of urea groups is 1. The SMILES string of the molecule is CC(NC(=O)N1CCC(CCO)C1)c1nc(C(=O)O)cs1. The maximum atomic E-state index is 12.1. The van der Waals surface area contributed by atoms with E-state index in [4.69, 9.17) is 10.2 Å². The third-order valence-corrected chi connectivity index (χ3v) is 4.59. The van der Waals surface area contributed by atoms with Gasteiger partial charge in [0.25, 0.3) is 0 Å². The van der Waals surface area contributed by atoms with E-state index in [0.717, 1.165) is 6.42 Å². The molecule has 2 atom stereocenters. The van der Waals surface area contributed by atoms with Gasteiger partial charge >= 0.3 is 12.0 Å². The van der Waals surface area contributed by atoms with E-state index in [1.54, 1.807) is 11.8 Å². The highest BCUT2D eigenvalue weighted by Gasteiger charge is 2.27. The van der Waals surface area contributed by atoms with Gasteiger partial charge in [0.1, 0.15) is 5.01 Å². The normalized spacial score (nSPS) is 19.5. The molecule has 2 heterocycles. The first-order valence-electron chi connectivity index (χ1n) is 6.86. The van der Waals surface area contributed by atoms with Crippen molar-refractivity contribution in [3.63, 3.8) is 0 Å². The van der Waals surface area contributed by atoms with Gasteiger partial charge in [-0.1, -0.05) is 0 Å². The van der Waals surface area contributed by atoms with Crippen molar-refractivity contribution in [3.05, 3.63) is 16.1 Å². The van der Waals surface area contributed by atoms with Crippen LogP contribution in [0.2, 0.25) is 0 Å². The van der Waals surface area contributed by atoms with E-state index >= 15 is 0 Å². The summed E-state index contributed by atoms with van der Waals surface area (Å²) < 4.78 is 0. The molecule has 1 aromatic rings. The molecule has 1 aromatic heterocycles. The zero-order chi connectivity index (χ0) is 15.4. The molecule has 3 N–H and O–H groups in total.